The van der Waals surface area contributed by atoms with Gasteiger partial charge in [0.05, 0.1) is 12.6 Å². The maximum absolute atomic E-state index is 12.7. The number of ether oxygens (including phenoxy) is 1. The second-order valence-corrected chi connectivity index (χ2v) is 5.89. The quantitative estimate of drug-likeness (QED) is 0.820. The second kappa shape index (κ2) is 5.38. The Hall–Kier alpha value is -0.910. The molecule has 0 radical (unpaired) electrons. The number of carbonyl (C=O) groups is 1. The molecule has 0 aliphatic heterocycles. The van der Waals surface area contributed by atoms with Crippen LogP contribution in [-0.4, -0.2) is 35.4 Å². The summed E-state index contributed by atoms with van der Waals surface area (Å²) in [6, 6.07) is -0.527. The normalized spacial score (nSPS) is 21.0. The van der Waals surface area contributed by atoms with Gasteiger partial charge in [-0.05, 0) is 33.1 Å². The number of alkyl carbamates (subject to hydrolysis) is 1. The number of rotatable bonds is 4. The van der Waals surface area contributed by atoms with E-state index in [4.69, 9.17) is 9.84 Å². The van der Waals surface area contributed by atoms with E-state index in [0.29, 0.717) is 6.42 Å². The van der Waals surface area contributed by atoms with E-state index in [9.17, 15) is 13.6 Å². The van der Waals surface area contributed by atoms with E-state index in [0.717, 1.165) is 0 Å². The minimum absolute atomic E-state index is 0.146. The van der Waals surface area contributed by atoms with Crippen LogP contribution >= 0.6 is 0 Å². The monoisotopic (exact) mass is 265 g/mol. The molecule has 1 amide bonds. The van der Waals surface area contributed by atoms with Gasteiger partial charge in [-0.3, -0.25) is 0 Å². The fourth-order valence-electron chi connectivity index (χ4n) is 2.01. The van der Waals surface area contributed by atoms with E-state index in [-0.39, 0.29) is 25.4 Å². The molecule has 4 nitrogen and oxygen atoms in total. The van der Waals surface area contributed by atoms with Gasteiger partial charge < -0.3 is 15.2 Å². The molecule has 1 atom stereocenters. The highest BCUT2D eigenvalue weighted by Crippen LogP contribution is 2.44. The molecule has 0 heterocycles. The number of alkyl halides is 2. The van der Waals surface area contributed by atoms with E-state index < -0.39 is 23.7 Å². The van der Waals surface area contributed by atoms with Gasteiger partial charge in [0, 0.05) is 12.8 Å². The van der Waals surface area contributed by atoms with Crippen molar-refractivity contribution in [2.45, 2.75) is 57.6 Å². The minimum Gasteiger partial charge on any atom is -0.444 e. The van der Waals surface area contributed by atoms with Gasteiger partial charge in [0.2, 0.25) is 5.92 Å². The number of aliphatic hydroxyl groups excluding tert-OH is 1. The fraction of sp³-hybridized carbons (Fsp3) is 0.917. The van der Waals surface area contributed by atoms with Crippen LogP contribution in [0.15, 0.2) is 0 Å². The number of amides is 1. The Bertz CT molecular complexity index is 294. The molecule has 1 rings (SSSR count). The van der Waals surface area contributed by atoms with Crippen molar-refractivity contribution in [2.75, 3.05) is 6.61 Å². The predicted octanol–water partition coefficient (Wildman–Crippen LogP) is 2.31. The van der Waals surface area contributed by atoms with Gasteiger partial charge >= 0.3 is 6.09 Å². The topological polar surface area (TPSA) is 58.6 Å². The molecule has 1 aliphatic carbocycles. The van der Waals surface area contributed by atoms with Gasteiger partial charge in [0.25, 0.3) is 0 Å². The van der Waals surface area contributed by atoms with Crippen LogP contribution in [0.1, 0.15) is 40.0 Å². The maximum atomic E-state index is 12.7. The number of halogens is 2. The Balaban J connectivity index is 2.32. The Morgan fingerprint density at radius 2 is 2.06 bits per heavy atom. The Morgan fingerprint density at radius 1 is 1.50 bits per heavy atom. The zero-order valence-electron chi connectivity index (χ0n) is 11.0. The van der Waals surface area contributed by atoms with Crippen molar-refractivity contribution in [3.05, 3.63) is 0 Å². The van der Waals surface area contributed by atoms with Crippen LogP contribution < -0.4 is 5.32 Å². The Labute approximate surface area is 106 Å². The molecule has 1 unspecified atom stereocenters. The smallest absolute Gasteiger partial charge is 0.407 e. The highest BCUT2D eigenvalue weighted by Gasteiger charge is 2.45. The number of hydrogen-bond acceptors (Lipinski definition) is 3. The van der Waals surface area contributed by atoms with Crippen LogP contribution in [0.25, 0.3) is 0 Å². The Morgan fingerprint density at radius 3 is 2.44 bits per heavy atom. The van der Waals surface area contributed by atoms with E-state index >= 15 is 0 Å². The third-order valence-corrected chi connectivity index (χ3v) is 2.73. The zero-order valence-corrected chi connectivity index (χ0v) is 11.0. The van der Waals surface area contributed by atoms with Crippen LogP contribution in [0.2, 0.25) is 0 Å². The van der Waals surface area contributed by atoms with Gasteiger partial charge in [-0.25, -0.2) is 13.6 Å². The maximum Gasteiger partial charge on any atom is 0.407 e. The average molecular weight is 265 g/mol. The predicted molar refractivity (Wildman–Crippen MR) is 62.5 cm³/mol. The largest absolute Gasteiger partial charge is 0.444 e. The molecule has 1 saturated carbocycles. The first-order valence-electron chi connectivity index (χ1n) is 6.09. The molecule has 0 bridgehead atoms. The molecule has 1 aliphatic rings. The Kier molecular flexibility index (Phi) is 4.53. The van der Waals surface area contributed by atoms with Gasteiger partial charge in [0.15, 0.2) is 0 Å². The first-order valence-corrected chi connectivity index (χ1v) is 6.09. The van der Waals surface area contributed by atoms with Crippen molar-refractivity contribution in [1.29, 1.82) is 0 Å². The summed E-state index contributed by atoms with van der Waals surface area (Å²) >= 11 is 0. The molecule has 0 spiro atoms. The summed E-state index contributed by atoms with van der Waals surface area (Å²) in [5, 5.41) is 11.6. The van der Waals surface area contributed by atoms with Crippen molar-refractivity contribution >= 4 is 6.09 Å². The van der Waals surface area contributed by atoms with Crippen LogP contribution in [0.4, 0.5) is 13.6 Å². The van der Waals surface area contributed by atoms with Crippen molar-refractivity contribution in [3.63, 3.8) is 0 Å². The third-order valence-electron chi connectivity index (χ3n) is 2.73. The molecular weight excluding hydrogens is 244 g/mol. The zero-order chi connectivity index (χ0) is 14.0. The van der Waals surface area contributed by atoms with Crippen molar-refractivity contribution in [2.24, 2.45) is 5.92 Å². The van der Waals surface area contributed by atoms with Gasteiger partial charge in [-0.2, -0.15) is 0 Å². The van der Waals surface area contributed by atoms with E-state index in [1.807, 2.05) is 0 Å². The molecule has 0 aromatic rings. The lowest BCUT2D eigenvalue weighted by Gasteiger charge is -2.36. The lowest BCUT2D eigenvalue weighted by molar-refractivity contribution is -0.114. The molecule has 6 heteroatoms. The van der Waals surface area contributed by atoms with Gasteiger partial charge in [0.1, 0.15) is 5.60 Å². The lowest BCUT2D eigenvalue weighted by atomic mass is 9.77. The van der Waals surface area contributed by atoms with E-state index in [1.54, 1.807) is 20.8 Å². The number of aliphatic hydroxyl groups is 1. The average Bonchev–Trinajstić information content (AvgIpc) is 2.10. The fourth-order valence-corrected chi connectivity index (χ4v) is 2.01. The molecule has 0 aromatic heterocycles. The van der Waals surface area contributed by atoms with Crippen LogP contribution in [-0.2, 0) is 4.74 Å². The van der Waals surface area contributed by atoms with Crippen LogP contribution in [0.5, 0.6) is 0 Å². The summed E-state index contributed by atoms with van der Waals surface area (Å²) in [4.78, 5) is 11.5. The lowest BCUT2D eigenvalue weighted by Crippen LogP contribution is -2.45. The van der Waals surface area contributed by atoms with Gasteiger partial charge in [-0.15, -0.1) is 0 Å². The highest BCUT2D eigenvalue weighted by molar-refractivity contribution is 5.68. The van der Waals surface area contributed by atoms with Crippen molar-refractivity contribution < 1.29 is 23.4 Å². The molecule has 2 N–H and O–H groups in total. The van der Waals surface area contributed by atoms with Crippen molar-refractivity contribution in [3.8, 4) is 0 Å². The number of hydrogen-bond donors (Lipinski definition) is 2. The molecule has 1 fully saturated rings. The molecular formula is C12H21F2NO3. The second-order valence-electron chi connectivity index (χ2n) is 5.89. The number of carbonyl (C=O) groups excluding carboxylic acids is 1. The summed E-state index contributed by atoms with van der Waals surface area (Å²) in [6.45, 7) is 4.91. The molecule has 106 valence electrons. The molecule has 0 aromatic carbocycles. The summed E-state index contributed by atoms with van der Waals surface area (Å²) < 4.78 is 30.3. The minimum atomic E-state index is -2.57. The first-order chi connectivity index (χ1) is 8.11. The standard InChI is InChI=1S/C12H21F2NO3/c1-11(2,3)18-10(17)15-9(7-16)4-8-5-12(13,14)6-8/h8-9,16H,4-7H2,1-3H3,(H,15,17). The van der Waals surface area contributed by atoms with E-state index in [1.165, 1.54) is 0 Å². The molecule has 18 heavy (non-hydrogen) atoms. The van der Waals surface area contributed by atoms with Crippen LogP contribution in [0, 0.1) is 5.92 Å². The number of nitrogens with one attached hydrogen (secondary N) is 1. The van der Waals surface area contributed by atoms with Gasteiger partial charge in [-0.1, -0.05) is 0 Å². The third kappa shape index (κ3) is 5.16. The molecule has 0 saturated heterocycles. The highest BCUT2D eigenvalue weighted by atomic mass is 19.3. The summed E-state index contributed by atoms with van der Waals surface area (Å²) in [6.07, 6.45) is -0.614. The summed E-state index contributed by atoms with van der Waals surface area (Å²) in [5.41, 5.74) is -0.617. The summed E-state index contributed by atoms with van der Waals surface area (Å²) in [7, 11) is 0. The first kappa shape index (κ1) is 15.1. The van der Waals surface area contributed by atoms with E-state index in [2.05, 4.69) is 5.32 Å². The van der Waals surface area contributed by atoms with Crippen molar-refractivity contribution in [1.82, 2.24) is 5.32 Å². The SMILES string of the molecule is CC(C)(C)OC(=O)NC(CO)CC1CC(F)(F)C1. The summed E-state index contributed by atoms with van der Waals surface area (Å²) in [5.74, 6) is -2.72. The van der Waals surface area contributed by atoms with Crippen LogP contribution in [0.3, 0.4) is 0 Å².